The van der Waals surface area contributed by atoms with Gasteiger partial charge in [-0.2, -0.15) is 0 Å². The van der Waals surface area contributed by atoms with Crippen LogP contribution in [0, 0.1) is 5.92 Å². The standard InChI is InChI=1S/C14H14BrNO4/c15-7-1-4-12(17)10(5-7)13(18)16-8-2-3-11(16)9(6-8)14(19)20/h1,4-5,8-9,11,17H,2-3,6H2,(H,19,20). The van der Waals surface area contributed by atoms with Crippen LogP contribution in [0.2, 0.25) is 0 Å². The molecule has 0 saturated carbocycles. The number of benzene rings is 1. The minimum atomic E-state index is -0.839. The SMILES string of the molecule is O=C(O)C1CC2CCC1N2C(=O)c1cc(Br)ccc1O. The molecule has 1 amide bonds. The van der Waals surface area contributed by atoms with E-state index in [1.807, 2.05) is 0 Å². The fourth-order valence-electron chi connectivity index (χ4n) is 3.39. The van der Waals surface area contributed by atoms with Crippen LogP contribution < -0.4 is 0 Å². The minimum Gasteiger partial charge on any atom is -0.507 e. The van der Waals surface area contributed by atoms with Gasteiger partial charge >= 0.3 is 5.97 Å². The Hall–Kier alpha value is -1.56. The topological polar surface area (TPSA) is 77.8 Å². The molecule has 2 N–H and O–H groups in total. The number of nitrogens with zero attached hydrogens (tertiary/aromatic N) is 1. The zero-order valence-electron chi connectivity index (χ0n) is 10.6. The molecule has 0 radical (unpaired) electrons. The number of aromatic hydroxyl groups is 1. The summed E-state index contributed by atoms with van der Waals surface area (Å²) in [5, 5.41) is 19.1. The fourth-order valence-corrected chi connectivity index (χ4v) is 3.75. The number of halogens is 1. The first-order valence-electron chi connectivity index (χ1n) is 6.53. The molecule has 0 spiro atoms. The molecule has 0 aromatic heterocycles. The van der Waals surface area contributed by atoms with Crippen molar-refractivity contribution in [2.24, 2.45) is 5.92 Å². The quantitative estimate of drug-likeness (QED) is 0.866. The second-order valence-corrected chi connectivity index (χ2v) is 6.27. The Labute approximate surface area is 124 Å². The van der Waals surface area contributed by atoms with Crippen LogP contribution in [0.15, 0.2) is 22.7 Å². The second kappa shape index (κ2) is 4.77. The summed E-state index contributed by atoms with van der Waals surface area (Å²) < 4.78 is 0.708. The Morgan fingerprint density at radius 3 is 2.70 bits per heavy atom. The summed E-state index contributed by atoms with van der Waals surface area (Å²) in [5.41, 5.74) is 0.224. The van der Waals surface area contributed by atoms with Crippen molar-refractivity contribution in [3.8, 4) is 5.75 Å². The van der Waals surface area contributed by atoms with Gasteiger partial charge in [-0.15, -0.1) is 0 Å². The van der Waals surface area contributed by atoms with Crippen LogP contribution in [0.25, 0.3) is 0 Å². The molecular formula is C14H14BrNO4. The largest absolute Gasteiger partial charge is 0.507 e. The van der Waals surface area contributed by atoms with Crippen molar-refractivity contribution >= 4 is 27.8 Å². The molecule has 1 aromatic carbocycles. The van der Waals surface area contributed by atoms with E-state index in [2.05, 4.69) is 15.9 Å². The van der Waals surface area contributed by atoms with Gasteiger partial charge in [0.2, 0.25) is 0 Å². The maximum absolute atomic E-state index is 12.6. The van der Waals surface area contributed by atoms with Gasteiger partial charge < -0.3 is 15.1 Å². The lowest BCUT2D eigenvalue weighted by Gasteiger charge is -2.23. The molecule has 2 fully saturated rings. The van der Waals surface area contributed by atoms with Gasteiger partial charge in [0.1, 0.15) is 5.75 Å². The Bertz CT molecular complexity index is 589. The molecule has 2 aliphatic heterocycles. The summed E-state index contributed by atoms with van der Waals surface area (Å²) in [6.07, 6.45) is 2.08. The maximum atomic E-state index is 12.6. The summed E-state index contributed by atoms with van der Waals surface area (Å²) in [5.74, 6) is -1.67. The van der Waals surface area contributed by atoms with Gasteiger partial charge in [0.15, 0.2) is 0 Å². The lowest BCUT2D eigenvalue weighted by Crippen LogP contribution is -2.37. The van der Waals surface area contributed by atoms with Gasteiger partial charge in [0.25, 0.3) is 5.91 Å². The lowest BCUT2D eigenvalue weighted by molar-refractivity contribution is -0.142. The van der Waals surface area contributed by atoms with Crippen molar-refractivity contribution in [3.05, 3.63) is 28.2 Å². The summed E-state index contributed by atoms with van der Waals surface area (Å²) >= 11 is 3.28. The highest BCUT2D eigenvalue weighted by atomic mass is 79.9. The van der Waals surface area contributed by atoms with Gasteiger partial charge in [0.05, 0.1) is 11.5 Å². The van der Waals surface area contributed by atoms with Crippen molar-refractivity contribution < 1.29 is 19.8 Å². The van der Waals surface area contributed by atoms with Crippen LogP contribution in [0.3, 0.4) is 0 Å². The van der Waals surface area contributed by atoms with Crippen molar-refractivity contribution in [1.29, 1.82) is 0 Å². The fraction of sp³-hybridized carbons (Fsp3) is 0.429. The highest BCUT2D eigenvalue weighted by Gasteiger charge is 2.51. The Kier molecular flexibility index (Phi) is 3.20. The summed E-state index contributed by atoms with van der Waals surface area (Å²) in [7, 11) is 0. The van der Waals surface area contributed by atoms with Crippen LogP contribution in [-0.2, 0) is 4.79 Å². The molecule has 3 atom stereocenters. The third kappa shape index (κ3) is 1.98. The normalized spacial score (nSPS) is 27.9. The van der Waals surface area contributed by atoms with E-state index in [4.69, 9.17) is 0 Å². The van der Waals surface area contributed by atoms with Crippen molar-refractivity contribution in [2.75, 3.05) is 0 Å². The molecule has 5 nitrogen and oxygen atoms in total. The van der Waals surface area contributed by atoms with Crippen LogP contribution in [-0.4, -0.2) is 39.1 Å². The van der Waals surface area contributed by atoms with E-state index in [-0.39, 0.29) is 29.3 Å². The predicted octanol–water partition coefficient (Wildman–Crippen LogP) is 2.23. The molecule has 2 aliphatic rings. The second-order valence-electron chi connectivity index (χ2n) is 5.35. The van der Waals surface area contributed by atoms with Gasteiger partial charge in [0, 0.05) is 16.6 Å². The number of phenols is 1. The first kappa shape index (κ1) is 13.4. The number of fused-ring (bicyclic) bond motifs is 2. The Morgan fingerprint density at radius 2 is 2.05 bits per heavy atom. The number of carbonyl (C=O) groups is 2. The zero-order valence-corrected chi connectivity index (χ0v) is 12.2. The molecule has 6 heteroatoms. The number of carboxylic acids is 1. The molecule has 0 aliphatic carbocycles. The number of rotatable bonds is 2. The first-order chi connectivity index (χ1) is 9.49. The van der Waals surface area contributed by atoms with Crippen molar-refractivity contribution in [1.82, 2.24) is 4.90 Å². The average molecular weight is 340 g/mol. The number of phenolic OH excluding ortho intramolecular Hbond substituents is 1. The number of amides is 1. The average Bonchev–Trinajstić information content (AvgIpc) is 2.98. The highest BCUT2D eigenvalue weighted by molar-refractivity contribution is 9.10. The number of carbonyl (C=O) groups excluding carboxylic acids is 1. The number of hydrogen-bond donors (Lipinski definition) is 2. The molecule has 3 unspecified atom stereocenters. The monoisotopic (exact) mass is 339 g/mol. The third-order valence-electron chi connectivity index (χ3n) is 4.28. The summed E-state index contributed by atoms with van der Waals surface area (Å²) in [6, 6.07) is 4.43. The van der Waals surface area contributed by atoms with Crippen molar-refractivity contribution in [2.45, 2.75) is 31.3 Å². The molecule has 1 aromatic rings. The summed E-state index contributed by atoms with van der Waals surface area (Å²) in [4.78, 5) is 25.5. The van der Waals surface area contributed by atoms with Crippen molar-refractivity contribution in [3.63, 3.8) is 0 Å². The molecule has 3 rings (SSSR count). The van der Waals surface area contributed by atoms with E-state index in [1.54, 1.807) is 17.0 Å². The Morgan fingerprint density at radius 1 is 1.30 bits per heavy atom. The predicted molar refractivity (Wildman–Crippen MR) is 74.5 cm³/mol. The van der Waals surface area contributed by atoms with Gasteiger partial charge in [-0.05, 0) is 37.5 Å². The van der Waals surface area contributed by atoms with Gasteiger partial charge in [-0.25, -0.2) is 0 Å². The van der Waals surface area contributed by atoms with Crippen LogP contribution in [0.4, 0.5) is 0 Å². The van der Waals surface area contributed by atoms with Crippen LogP contribution >= 0.6 is 15.9 Å². The first-order valence-corrected chi connectivity index (χ1v) is 7.32. The molecule has 2 heterocycles. The highest BCUT2D eigenvalue weighted by Crippen LogP contribution is 2.43. The van der Waals surface area contributed by atoms with Crippen LogP contribution in [0.1, 0.15) is 29.6 Å². The van der Waals surface area contributed by atoms with E-state index in [0.717, 1.165) is 12.8 Å². The van der Waals surface area contributed by atoms with E-state index >= 15 is 0 Å². The maximum Gasteiger partial charge on any atom is 0.308 e. The van der Waals surface area contributed by atoms with Gasteiger partial charge in [-0.3, -0.25) is 9.59 Å². The zero-order chi connectivity index (χ0) is 14.4. The molecular weight excluding hydrogens is 326 g/mol. The number of carboxylic acid groups (broad SMARTS) is 1. The van der Waals surface area contributed by atoms with E-state index in [0.29, 0.717) is 10.9 Å². The van der Waals surface area contributed by atoms with Gasteiger partial charge in [-0.1, -0.05) is 15.9 Å². The van der Waals surface area contributed by atoms with E-state index in [9.17, 15) is 19.8 Å². The van der Waals surface area contributed by atoms with Crippen LogP contribution in [0.5, 0.6) is 5.75 Å². The lowest BCUT2D eigenvalue weighted by atomic mass is 9.89. The number of aliphatic carboxylic acids is 1. The molecule has 2 saturated heterocycles. The molecule has 106 valence electrons. The smallest absolute Gasteiger partial charge is 0.308 e. The minimum absolute atomic E-state index is 0.0213. The summed E-state index contributed by atoms with van der Waals surface area (Å²) in [6.45, 7) is 0. The number of hydrogen-bond acceptors (Lipinski definition) is 3. The third-order valence-corrected chi connectivity index (χ3v) is 4.77. The molecule has 20 heavy (non-hydrogen) atoms. The van der Waals surface area contributed by atoms with E-state index in [1.165, 1.54) is 6.07 Å². The Balaban J connectivity index is 1.92. The molecule has 2 bridgehead atoms. The van der Waals surface area contributed by atoms with E-state index < -0.39 is 11.9 Å².